The largest absolute Gasteiger partial charge is 0.347 e. The van der Waals surface area contributed by atoms with Crippen molar-refractivity contribution in [1.29, 1.82) is 0 Å². The molecular formula is C13H24N2O3. The summed E-state index contributed by atoms with van der Waals surface area (Å²) in [6, 6.07) is -0.154. The molecule has 1 saturated carbocycles. The summed E-state index contributed by atoms with van der Waals surface area (Å²) in [6.45, 7) is 6.94. The van der Waals surface area contributed by atoms with Crippen LogP contribution in [0.4, 0.5) is 4.79 Å². The quantitative estimate of drug-likeness (QED) is 0.791. The van der Waals surface area contributed by atoms with Crippen molar-refractivity contribution in [3.05, 3.63) is 0 Å². The van der Waals surface area contributed by atoms with Crippen molar-refractivity contribution in [3.8, 4) is 0 Å². The molecule has 5 nitrogen and oxygen atoms in total. The highest BCUT2D eigenvalue weighted by atomic mass is 16.7. The number of carbonyl (C=O) groups is 1. The topological polar surface area (TPSA) is 59.6 Å². The third kappa shape index (κ3) is 3.59. The summed E-state index contributed by atoms with van der Waals surface area (Å²) in [5.74, 6) is -0.340. The molecule has 0 unspecified atom stereocenters. The van der Waals surface area contributed by atoms with E-state index in [-0.39, 0.29) is 23.5 Å². The maximum Gasteiger partial charge on any atom is 0.315 e. The number of amides is 2. The summed E-state index contributed by atoms with van der Waals surface area (Å²) in [5, 5.41) is 5.69. The monoisotopic (exact) mass is 256 g/mol. The summed E-state index contributed by atoms with van der Waals surface area (Å²) >= 11 is 0. The van der Waals surface area contributed by atoms with Gasteiger partial charge >= 0.3 is 6.03 Å². The first-order valence-electron chi connectivity index (χ1n) is 6.76. The van der Waals surface area contributed by atoms with Crippen LogP contribution in [0.2, 0.25) is 0 Å². The van der Waals surface area contributed by atoms with Crippen molar-refractivity contribution < 1.29 is 14.3 Å². The Kier molecular flexibility index (Phi) is 3.82. The van der Waals surface area contributed by atoms with Crippen molar-refractivity contribution in [3.63, 3.8) is 0 Å². The second kappa shape index (κ2) is 5.05. The van der Waals surface area contributed by atoms with Crippen LogP contribution in [0.1, 0.15) is 46.5 Å². The molecule has 0 aromatic carbocycles. The first kappa shape index (κ1) is 13.6. The van der Waals surface area contributed by atoms with Gasteiger partial charge < -0.3 is 20.1 Å². The Morgan fingerprint density at radius 3 is 2.61 bits per heavy atom. The third-order valence-corrected chi connectivity index (χ3v) is 3.26. The molecular weight excluding hydrogens is 232 g/mol. The highest BCUT2D eigenvalue weighted by Gasteiger charge is 2.43. The molecule has 1 aliphatic heterocycles. The number of urea groups is 1. The van der Waals surface area contributed by atoms with Gasteiger partial charge in [0.2, 0.25) is 0 Å². The van der Waals surface area contributed by atoms with Gasteiger partial charge in [0.1, 0.15) is 6.10 Å². The van der Waals surface area contributed by atoms with Crippen molar-refractivity contribution >= 4 is 6.03 Å². The maximum absolute atomic E-state index is 11.6. The van der Waals surface area contributed by atoms with Crippen molar-refractivity contribution in [2.75, 3.05) is 13.2 Å². The van der Waals surface area contributed by atoms with Gasteiger partial charge in [0.25, 0.3) is 0 Å². The molecule has 2 fully saturated rings. The number of ether oxygens (including phenoxy) is 2. The van der Waals surface area contributed by atoms with Crippen LogP contribution in [0.15, 0.2) is 0 Å². The molecule has 2 aliphatic rings. The first-order chi connectivity index (χ1) is 8.39. The first-order valence-corrected chi connectivity index (χ1v) is 6.76. The average Bonchev–Trinajstić information content (AvgIpc) is 2.85. The molecule has 1 spiro atoms. The van der Waals surface area contributed by atoms with Gasteiger partial charge in [-0.25, -0.2) is 4.79 Å². The fourth-order valence-electron chi connectivity index (χ4n) is 2.48. The van der Waals surface area contributed by atoms with E-state index >= 15 is 0 Å². The second-order valence-corrected chi connectivity index (χ2v) is 6.25. The highest BCUT2D eigenvalue weighted by Crippen LogP contribution is 2.38. The Morgan fingerprint density at radius 2 is 2.00 bits per heavy atom. The molecule has 2 amide bonds. The zero-order valence-electron chi connectivity index (χ0n) is 11.5. The van der Waals surface area contributed by atoms with Crippen LogP contribution in [0.5, 0.6) is 0 Å². The lowest BCUT2D eigenvalue weighted by atomic mass is 10.1. The standard InChI is InChI=1S/C13H24N2O3/c1-12(2,3)15-11(16)14-8-10-9-17-13(18-10)6-4-5-7-13/h10H,4-9H2,1-3H3,(H2,14,15,16)/t10-/m0/s1. The van der Waals surface area contributed by atoms with Crippen LogP contribution in [0.3, 0.4) is 0 Å². The minimum Gasteiger partial charge on any atom is -0.347 e. The van der Waals surface area contributed by atoms with Gasteiger partial charge in [-0.1, -0.05) is 0 Å². The van der Waals surface area contributed by atoms with E-state index in [0.29, 0.717) is 13.2 Å². The number of hydrogen-bond acceptors (Lipinski definition) is 3. The van der Waals surface area contributed by atoms with E-state index in [1.165, 1.54) is 12.8 Å². The van der Waals surface area contributed by atoms with Crippen LogP contribution in [0.25, 0.3) is 0 Å². The number of nitrogens with one attached hydrogen (secondary N) is 2. The normalized spacial score (nSPS) is 26.5. The summed E-state index contributed by atoms with van der Waals surface area (Å²) in [4.78, 5) is 11.6. The Hall–Kier alpha value is -0.810. The van der Waals surface area contributed by atoms with E-state index in [4.69, 9.17) is 9.47 Å². The van der Waals surface area contributed by atoms with Gasteiger partial charge in [0.15, 0.2) is 5.79 Å². The van der Waals surface area contributed by atoms with Crippen LogP contribution in [0, 0.1) is 0 Å². The number of rotatable bonds is 2. The lowest BCUT2D eigenvalue weighted by Gasteiger charge is -2.23. The van der Waals surface area contributed by atoms with Crippen molar-refractivity contribution in [2.24, 2.45) is 0 Å². The Labute approximate surface area is 109 Å². The molecule has 0 bridgehead atoms. The van der Waals surface area contributed by atoms with Crippen LogP contribution in [-0.4, -0.2) is 36.6 Å². The minimum absolute atomic E-state index is 0.0196. The molecule has 5 heteroatoms. The summed E-state index contributed by atoms with van der Waals surface area (Å²) < 4.78 is 11.7. The van der Waals surface area contributed by atoms with E-state index in [0.717, 1.165) is 12.8 Å². The molecule has 1 saturated heterocycles. The minimum atomic E-state index is -0.340. The van der Waals surface area contributed by atoms with E-state index < -0.39 is 0 Å². The molecule has 1 aliphatic carbocycles. The van der Waals surface area contributed by atoms with E-state index in [9.17, 15) is 4.79 Å². The summed E-state index contributed by atoms with van der Waals surface area (Å²) in [7, 11) is 0. The molecule has 2 rings (SSSR count). The van der Waals surface area contributed by atoms with E-state index in [2.05, 4.69) is 10.6 Å². The Balaban J connectivity index is 1.70. The molecule has 0 radical (unpaired) electrons. The third-order valence-electron chi connectivity index (χ3n) is 3.26. The fraction of sp³-hybridized carbons (Fsp3) is 0.923. The van der Waals surface area contributed by atoms with Gasteiger partial charge in [-0.15, -0.1) is 0 Å². The van der Waals surface area contributed by atoms with Gasteiger partial charge in [0.05, 0.1) is 6.61 Å². The summed E-state index contributed by atoms with van der Waals surface area (Å²) in [6.07, 6.45) is 4.29. The number of hydrogen-bond donors (Lipinski definition) is 2. The lowest BCUT2D eigenvalue weighted by molar-refractivity contribution is -0.160. The van der Waals surface area contributed by atoms with E-state index in [1.807, 2.05) is 20.8 Å². The maximum atomic E-state index is 11.6. The van der Waals surface area contributed by atoms with E-state index in [1.54, 1.807) is 0 Å². The average molecular weight is 256 g/mol. The molecule has 1 heterocycles. The molecule has 18 heavy (non-hydrogen) atoms. The zero-order chi connectivity index (χ0) is 13.2. The molecule has 104 valence electrons. The number of carbonyl (C=O) groups excluding carboxylic acids is 1. The second-order valence-electron chi connectivity index (χ2n) is 6.25. The molecule has 2 N–H and O–H groups in total. The highest BCUT2D eigenvalue weighted by molar-refractivity contribution is 5.74. The predicted octanol–water partition coefficient (Wildman–Crippen LogP) is 1.77. The molecule has 0 aromatic heterocycles. The SMILES string of the molecule is CC(C)(C)NC(=O)NC[C@H]1COC2(CCCC2)O1. The predicted molar refractivity (Wildman–Crippen MR) is 68.3 cm³/mol. The Bertz CT molecular complexity index is 306. The zero-order valence-corrected chi connectivity index (χ0v) is 11.5. The van der Waals surface area contributed by atoms with Crippen molar-refractivity contribution in [2.45, 2.75) is 63.9 Å². The van der Waals surface area contributed by atoms with Crippen LogP contribution < -0.4 is 10.6 Å². The molecule has 1 atom stereocenters. The van der Waals surface area contributed by atoms with Gasteiger partial charge in [0, 0.05) is 24.9 Å². The van der Waals surface area contributed by atoms with Crippen LogP contribution in [-0.2, 0) is 9.47 Å². The van der Waals surface area contributed by atoms with Gasteiger partial charge in [-0.2, -0.15) is 0 Å². The fourth-order valence-corrected chi connectivity index (χ4v) is 2.48. The van der Waals surface area contributed by atoms with Crippen LogP contribution >= 0.6 is 0 Å². The molecule has 0 aromatic rings. The van der Waals surface area contributed by atoms with Crippen molar-refractivity contribution in [1.82, 2.24) is 10.6 Å². The van der Waals surface area contributed by atoms with Gasteiger partial charge in [-0.3, -0.25) is 0 Å². The Morgan fingerprint density at radius 1 is 1.33 bits per heavy atom. The summed E-state index contributed by atoms with van der Waals surface area (Å²) in [5.41, 5.74) is -0.218. The van der Waals surface area contributed by atoms with Gasteiger partial charge in [-0.05, 0) is 33.6 Å². The lowest BCUT2D eigenvalue weighted by Crippen LogP contribution is -2.48. The smallest absolute Gasteiger partial charge is 0.315 e.